The Morgan fingerprint density at radius 2 is 1.57 bits per heavy atom. The molecular formula is C19H30N2. The van der Waals surface area contributed by atoms with Crippen molar-refractivity contribution in [2.45, 2.75) is 63.5 Å². The molecule has 21 heavy (non-hydrogen) atoms. The Labute approximate surface area is 129 Å². The molecule has 116 valence electrons. The quantitative estimate of drug-likeness (QED) is 0.881. The van der Waals surface area contributed by atoms with Gasteiger partial charge in [0.05, 0.1) is 0 Å². The van der Waals surface area contributed by atoms with Crippen LogP contribution in [0, 0.1) is 0 Å². The first-order chi connectivity index (χ1) is 10.3. The highest BCUT2D eigenvalue weighted by Gasteiger charge is 2.35. The fourth-order valence-corrected chi connectivity index (χ4v) is 4.39. The molecule has 1 aromatic rings. The summed E-state index contributed by atoms with van der Waals surface area (Å²) in [5, 5.41) is 3.62. The summed E-state index contributed by atoms with van der Waals surface area (Å²) in [5.41, 5.74) is 3.09. The number of nitrogens with zero attached hydrogens (tertiary/aromatic N) is 1. The van der Waals surface area contributed by atoms with Crippen LogP contribution >= 0.6 is 0 Å². The summed E-state index contributed by atoms with van der Waals surface area (Å²) < 4.78 is 0. The molecule has 2 nitrogen and oxygen atoms in total. The highest BCUT2D eigenvalue weighted by Crippen LogP contribution is 2.39. The van der Waals surface area contributed by atoms with Crippen molar-refractivity contribution in [3.8, 4) is 0 Å². The van der Waals surface area contributed by atoms with E-state index in [4.69, 9.17) is 0 Å². The Morgan fingerprint density at radius 1 is 0.952 bits per heavy atom. The van der Waals surface area contributed by atoms with Gasteiger partial charge in [0.2, 0.25) is 0 Å². The SMILES string of the molecule is CNC1c2ccccc2C(C)CC1N1CCCCCCC1. The molecule has 3 rings (SSSR count). The van der Waals surface area contributed by atoms with Gasteiger partial charge >= 0.3 is 0 Å². The third kappa shape index (κ3) is 3.17. The maximum absolute atomic E-state index is 3.62. The molecule has 0 bridgehead atoms. The van der Waals surface area contributed by atoms with E-state index in [0.717, 1.165) is 0 Å². The smallest absolute Gasteiger partial charge is 0.0478 e. The van der Waals surface area contributed by atoms with Crippen LogP contribution in [-0.2, 0) is 0 Å². The van der Waals surface area contributed by atoms with Crippen molar-refractivity contribution in [2.24, 2.45) is 0 Å². The summed E-state index contributed by atoms with van der Waals surface area (Å²) in [6, 6.07) is 10.2. The van der Waals surface area contributed by atoms with Crippen molar-refractivity contribution in [1.29, 1.82) is 0 Å². The number of hydrogen-bond acceptors (Lipinski definition) is 2. The Kier molecular flexibility index (Phi) is 4.97. The van der Waals surface area contributed by atoms with Crippen LogP contribution < -0.4 is 5.32 Å². The average Bonchev–Trinajstić information content (AvgIpc) is 2.47. The minimum Gasteiger partial charge on any atom is -0.312 e. The second-order valence-corrected chi connectivity index (χ2v) is 6.90. The molecule has 1 fully saturated rings. The number of benzene rings is 1. The predicted octanol–water partition coefficient (Wildman–Crippen LogP) is 4.09. The van der Waals surface area contributed by atoms with Crippen LogP contribution in [0.15, 0.2) is 24.3 Å². The van der Waals surface area contributed by atoms with E-state index in [9.17, 15) is 0 Å². The molecule has 0 radical (unpaired) electrons. The van der Waals surface area contributed by atoms with E-state index >= 15 is 0 Å². The van der Waals surface area contributed by atoms with Crippen LogP contribution in [0.4, 0.5) is 0 Å². The topological polar surface area (TPSA) is 15.3 Å². The zero-order valence-corrected chi connectivity index (χ0v) is 13.6. The lowest BCUT2D eigenvalue weighted by molar-refractivity contribution is 0.125. The molecule has 1 aromatic carbocycles. The molecule has 1 aliphatic heterocycles. The minimum absolute atomic E-state index is 0.497. The molecule has 0 aromatic heterocycles. The van der Waals surface area contributed by atoms with Crippen molar-refractivity contribution in [3.63, 3.8) is 0 Å². The number of likely N-dealkylation sites (N-methyl/N-ethyl adjacent to an activating group) is 1. The molecule has 0 saturated carbocycles. The summed E-state index contributed by atoms with van der Waals surface area (Å²) in [6.45, 7) is 4.98. The van der Waals surface area contributed by atoms with Gasteiger partial charge in [-0.3, -0.25) is 4.90 Å². The highest BCUT2D eigenvalue weighted by atomic mass is 15.2. The molecule has 0 amide bonds. The predicted molar refractivity (Wildman–Crippen MR) is 89.7 cm³/mol. The van der Waals surface area contributed by atoms with E-state index in [1.807, 2.05) is 0 Å². The van der Waals surface area contributed by atoms with E-state index in [0.29, 0.717) is 18.0 Å². The largest absolute Gasteiger partial charge is 0.312 e. The van der Waals surface area contributed by atoms with Crippen LogP contribution in [-0.4, -0.2) is 31.1 Å². The lowest BCUT2D eigenvalue weighted by Crippen LogP contribution is -2.48. The van der Waals surface area contributed by atoms with Crippen LogP contribution in [0.2, 0.25) is 0 Å². The summed E-state index contributed by atoms with van der Waals surface area (Å²) in [4.78, 5) is 2.78. The van der Waals surface area contributed by atoms with Gasteiger partial charge in [-0.2, -0.15) is 0 Å². The summed E-state index contributed by atoms with van der Waals surface area (Å²) in [6.07, 6.45) is 8.32. The van der Waals surface area contributed by atoms with Crippen molar-refractivity contribution >= 4 is 0 Å². The van der Waals surface area contributed by atoms with Gasteiger partial charge in [0, 0.05) is 12.1 Å². The van der Waals surface area contributed by atoms with Gasteiger partial charge in [0.1, 0.15) is 0 Å². The number of nitrogens with one attached hydrogen (secondary N) is 1. The van der Waals surface area contributed by atoms with Crippen LogP contribution in [0.1, 0.15) is 68.5 Å². The standard InChI is InChI=1S/C19H30N2/c1-15-14-18(21-12-8-4-3-5-9-13-21)19(20-2)17-11-7-6-10-16(15)17/h6-7,10-11,15,18-20H,3-5,8-9,12-14H2,1-2H3. The Morgan fingerprint density at radius 3 is 2.24 bits per heavy atom. The van der Waals surface area contributed by atoms with E-state index in [-0.39, 0.29) is 0 Å². The molecule has 1 aliphatic carbocycles. The molecule has 3 atom stereocenters. The lowest BCUT2D eigenvalue weighted by Gasteiger charge is -2.43. The molecule has 3 unspecified atom stereocenters. The molecule has 0 spiro atoms. The van der Waals surface area contributed by atoms with Crippen molar-refractivity contribution in [2.75, 3.05) is 20.1 Å². The van der Waals surface area contributed by atoms with Gasteiger partial charge in [-0.05, 0) is 56.4 Å². The van der Waals surface area contributed by atoms with Gasteiger partial charge in [-0.15, -0.1) is 0 Å². The first-order valence-corrected chi connectivity index (χ1v) is 8.81. The minimum atomic E-state index is 0.497. The summed E-state index contributed by atoms with van der Waals surface area (Å²) in [7, 11) is 2.13. The molecule has 1 heterocycles. The molecule has 2 aliphatic rings. The number of likely N-dealkylation sites (tertiary alicyclic amines) is 1. The normalized spacial score (nSPS) is 31.2. The van der Waals surface area contributed by atoms with E-state index in [2.05, 4.69) is 48.5 Å². The fraction of sp³-hybridized carbons (Fsp3) is 0.684. The average molecular weight is 286 g/mol. The monoisotopic (exact) mass is 286 g/mol. The van der Waals surface area contributed by atoms with Crippen molar-refractivity contribution < 1.29 is 0 Å². The van der Waals surface area contributed by atoms with Gasteiger partial charge in [-0.25, -0.2) is 0 Å². The van der Waals surface area contributed by atoms with E-state index < -0.39 is 0 Å². The molecule has 1 saturated heterocycles. The third-order valence-electron chi connectivity index (χ3n) is 5.51. The summed E-state index contributed by atoms with van der Waals surface area (Å²) in [5.74, 6) is 0.682. The fourth-order valence-electron chi connectivity index (χ4n) is 4.39. The summed E-state index contributed by atoms with van der Waals surface area (Å²) >= 11 is 0. The Balaban J connectivity index is 1.84. The van der Waals surface area contributed by atoms with Crippen molar-refractivity contribution in [1.82, 2.24) is 10.2 Å². The van der Waals surface area contributed by atoms with Crippen LogP contribution in [0.3, 0.4) is 0 Å². The maximum Gasteiger partial charge on any atom is 0.0478 e. The van der Waals surface area contributed by atoms with Gasteiger partial charge in [-0.1, -0.05) is 50.5 Å². The van der Waals surface area contributed by atoms with Gasteiger partial charge in [0.15, 0.2) is 0 Å². The second kappa shape index (κ2) is 6.93. The molecule has 1 N–H and O–H groups in total. The Bertz CT molecular complexity index is 449. The first kappa shape index (κ1) is 15.1. The van der Waals surface area contributed by atoms with Gasteiger partial charge < -0.3 is 5.32 Å². The Hall–Kier alpha value is -0.860. The number of rotatable bonds is 2. The first-order valence-electron chi connectivity index (χ1n) is 8.81. The zero-order valence-electron chi connectivity index (χ0n) is 13.6. The van der Waals surface area contributed by atoms with E-state index in [1.165, 1.54) is 57.2 Å². The lowest BCUT2D eigenvalue weighted by atomic mass is 9.77. The molecule has 2 heteroatoms. The number of hydrogen-bond donors (Lipinski definition) is 1. The zero-order chi connectivity index (χ0) is 14.7. The number of fused-ring (bicyclic) bond motifs is 1. The van der Waals surface area contributed by atoms with Crippen molar-refractivity contribution in [3.05, 3.63) is 35.4 Å². The molecular weight excluding hydrogens is 256 g/mol. The van der Waals surface area contributed by atoms with Crippen LogP contribution in [0.25, 0.3) is 0 Å². The van der Waals surface area contributed by atoms with Gasteiger partial charge in [0.25, 0.3) is 0 Å². The van der Waals surface area contributed by atoms with Crippen LogP contribution in [0.5, 0.6) is 0 Å². The third-order valence-corrected chi connectivity index (χ3v) is 5.51. The highest BCUT2D eigenvalue weighted by molar-refractivity contribution is 5.36. The van der Waals surface area contributed by atoms with E-state index in [1.54, 1.807) is 5.56 Å². The maximum atomic E-state index is 3.62. The second-order valence-electron chi connectivity index (χ2n) is 6.90.